The van der Waals surface area contributed by atoms with Crippen molar-refractivity contribution in [3.8, 4) is 5.69 Å². The van der Waals surface area contributed by atoms with Gasteiger partial charge in [0, 0.05) is 36.4 Å². The predicted molar refractivity (Wildman–Crippen MR) is 145 cm³/mol. The molecule has 4 aromatic rings. The molecular weight excluding hydrogens is 467 g/mol. The highest BCUT2D eigenvalue weighted by Gasteiger charge is 2.46. The maximum atomic E-state index is 14.7. The molecule has 0 unspecified atom stereocenters. The highest BCUT2D eigenvalue weighted by atomic mass is 19.1. The number of nitrogens with zero attached hydrogens (tertiary/aromatic N) is 4. The number of nitrogens with one attached hydrogen (secondary N) is 2. The Morgan fingerprint density at radius 2 is 1.92 bits per heavy atom. The minimum absolute atomic E-state index is 0.135. The van der Waals surface area contributed by atoms with Crippen LogP contribution in [0.4, 0.5) is 16.0 Å². The average Bonchev–Trinajstić information content (AvgIpc) is 3.54. The van der Waals surface area contributed by atoms with Crippen molar-refractivity contribution in [2.75, 3.05) is 11.9 Å². The Hall–Kier alpha value is -3.52. The third-order valence-electron chi connectivity index (χ3n) is 7.68. The van der Waals surface area contributed by atoms with Crippen LogP contribution < -0.4 is 16.2 Å². The number of benzene rings is 2. The van der Waals surface area contributed by atoms with Gasteiger partial charge in [-0.3, -0.25) is 4.79 Å². The van der Waals surface area contributed by atoms with Gasteiger partial charge in [-0.25, -0.2) is 18.7 Å². The molecule has 7 nitrogen and oxygen atoms in total. The second-order valence-electron chi connectivity index (χ2n) is 11.8. The van der Waals surface area contributed by atoms with Gasteiger partial charge in [-0.1, -0.05) is 26.8 Å². The predicted octanol–water partition coefficient (Wildman–Crippen LogP) is 5.48. The standard InChI is InChI=1S/C29H33FN6O/c1-17(2)35-26(37)21-15-32-27(33-19-6-8-22-18(12-19)14-31-16-29(22)10-11-29)34-25(21)36(35)20-7-9-24(30)23(13-20)28(3,4)5/h6-9,12-13,15,17,31H,10-11,14,16H2,1-5H3,(H,32,33,34). The normalized spacial score (nSPS) is 16.4. The van der Waals surface area contributed by atoms with Crippen LogP contribution in [0.3, 0.4) is 0 Å². The Balaban J connectivity index is 1.45. The van der Waals surface area contributed by atoms with E-state index in [2.05, 4.69) is 33.8 Å². The van der Waals surface area contributed by atoms with E-state index in [1.807, 2.05) is 40.7 Å². The fourth-order valence-corrected chi connectivity index (χ4v) is 5.59. The summed E-state index contributed by atoms with van der Waals surface area (Å²) in [5.74, 6) is 0.142. The van der Waals surface area contributed by atoms with E-state index in [1.54, 1.807) is 21.6 Å². The molecule has 2 aromatic heterocycles. The minimum atomic E-state index is -0.395. The SMILES string of the molecule is CC(C)n1c(=O)c2cnc(Nc3ccc4c(c3)CNCC43CC3)nc2n1-c1ccc(F)c(C(C)(C)C)c1. The number of halogens is 1. The molecular formula is C29H33FN6O. The van der Waals surface area contributed by atoms with Gasteiger partial charge in [0.2, 0.25) is 5.95 Å². The lowest BCUT2D eigenvalue weighted by Crippen LogP contribution is -2.33. The van der Waals surface area contributed by atoms with E-state index in [9.17, 15) is 9.18 Å². The van der Waals surface area contributed by atoms with Crippen LogP contribution in [0.5, 0.6) is 0 Å². The summed E-state index contributed by atoms with van der Waals surface area (Å²) in [6, 6.07) is 11.3. The molecule has 1 aliphatic carbocycles. The Morgan fingerprint density at radius 3 is 2.62 bits per heavy atom. The van der Waals surface area contributed by atoms with Gasteiger partial charge in [-0.15, -0.1) is 0 Å². The first-order valence-corrected chi connectivity index (χ1v) is 13.0. The summed E-state index contributed by atoms with van der Waals surface area (Å²) in [6.07, 6.45) is 4.06. The molecule has 3 heterocycles. The van der Waals surface area contributed by atoms with Crippen molar-refractivity contribution in [3.63, 3.8) is 0 Å². The maximum Gasteiger partial charge on any atom is 0.278 e. The molecule has 0 radical (unpaired) electrons. The zero-order valence-electron chi connectivity index (χ0n) is 22.0. The van der Waals surface area contributed by atoms with Crippen molar-refractivity contribution in [2.45, 2.75) is 70.9 Å². The highest BCUT2D eigenvalue weighted by molar-refractivity contribution is 5.77. The molecule has 1 fully saturated rings. The quantitative estimate of drug-likeness (QED) is 0.388. The summed E-state index contributed by atoms with van der Waals surface area (Å²) in [4.78, 5) is 22.6. The third kappa shape index (κ3) is 3.94. The van der Waals surface area contributed by atoms with Gasteiger partial charge in [-0.05, 0) is 79.1 Å². The van der Waals surface area contributed by atoms with Gasteiger partial charge in [-0.2, -0.15) is 4.98 Å². The second-order valence-corrected chi connectivity index (χ2v) is 11.8. The molecule has 6 rings (SSSR count). The molecule has 1 saturated carbocycles. The number of rotatable bonds is 4. The highest BCUT2D eigenvalue weighted by Crippen LogP contribution is 2.50. The van der Waals surface area contributed by atoms with Gasteiger partial charge in [0.25, 0.3) is 5.56 Å². The van der Waals surface area contributed by atoms with E-state index in [1.165, 1.54) is 30.0 Å². The third-order valence-corrected chi connectivity index (χ3v) is 7.68. The molecule has 37 heavy (non-hydrogen) atoms. The summed E-state index contributed by atoms with van der Waals surface area (Å²) in [7, 11) is 0. The van der Waals surface area contributed by atoms with Crippen LogP contribution in [0, 0.1) is 5.82 Å². The van der Waals surface area contributed by atoms with Crippen LogP contribution in [0.1, 0.15) is 70.2 Å². The van der Waals surface area contributed by atoms with Crippen molar-refractivity contribution >= 4 is 22.7 Å². The summed E-state index contributed by atoms with van der Waals surface area (Å²) >= 11 is 0. The summed E-state index contributed by atoms with van der Waals surface area (Å²) in [5.41, 5.74) is 5.16. The molecule has 0 bridgehead atoms. The first-order chi connectivity index (χ1) is 17.6. The van der Waals surface area contributed by atoms with Crippen LogP contribution in [0.2, 0.25) is 0 Å². The molecule has 0 saturated heterocycles. The molecule has 2 aliphatic rings. The number of hydrogen-bond donors (Lipinski definition) is 2. The average molecular weight is 501 g/mol. The zero-order chi connectivity index (χ0) is 26.1. The van der Waals surface area contributed by atoms with Gasteiger partial charge in [0.1, 0.15) is 11.2 Å². The maximum absolute atomic E-state index is 14.7. The van der Waals surface area contributed by atoms with E-state index < -0.39 is 5.41 Å². The molecule has 192 valence electrons. The van der Waals surface area contributed by atoms with Gasteiger partial charge in [0.15, 0.2) is 5.65 Å². The molecule has 0 atom stereocenters. The lowest BCUT2D eigenvalue weighted by atomic mass is 9.86. The first-order valence-electron chi connectivity index (χ1n) is 13.0. The summed E-state index contributed by atoms with van der Waals surface area (Å²) in [5, 5.41) is 7.31. The fraction of sp³-hybridized carbons (Fsp3) is 0.414. The number of hydrogen-bond acceptors (Lipinski definition) is 5. The van der Waals surface area contributed by atoms with E-state index in [0.717, 1.165) is 18.8 Å². The monoisotopic (exact) mass is 500 g/mol. The van der Waals surface area contributed by atoms with Crippen molar-refractivity contribution in [2.24, 2.45) is 0 Å². The van der Waals surface area contributed by atoms with E-state index in [-0.39, 0.29) is 17.4 Å². The lowest BCUT2D eigenvalue weighted by molar-refractivity contribution is 0.473. The van der Waals surface area contributed by atoms with Crippen molar-refractivity contribution in [3.05, 3.63) is 75.5 Å². The van der Waals surface area contributed by atoms with Crippen LogP contribution in [0.15, 0.2) is 47.4 Å². The first kappa shape index (κ1) is 23.9. The fourth-order valence-electron chi connectivity index (χ4n) is 5.59. The number of anilines is 2. The van der Waals surface area contributed by atoms with Gasteiger partial charge >= 0.3 is 0 Å². The van der Waals surface area contributed by atoms with Crippen LogP contribution in [0.25, 0.3) is 16.7 Å². The Bertz CT molecular complexity index is 1590. The summed E-state index contributed by atoms with van der Waals surface area (Å²) < 4.78 is 18.2. The van der Waals surface area contributed by atoms with Gasteiger partial charge in [0.05, 0.1) is 5.69 Å². The molecule has 0 amide bonds. The van der Waals surface area contributed by atoms with Crippen molar-refractivity contribution in [1.29, 1.82) is 0 Å². The van der Waals surface area contributed by atoms with Crippen LogP contribution >= 0.6 is 0 Å². The largest absolute Gasteiger partial charge is 0.324 e. The smallest absolute Gasteiger partial charge is 0.278 e. The number of aromatic nitrogens is 4. The molecule has 1 aliphatic heterocycles. The van der Waals surface area contributed by atoms with E-state index in [0.29, 0.717) is 33.6 Å². The Kier molecular flexibility index (Phi) is 5.32. The molecule has 8 heteroatoms. The minimum Gasteiger partial charge on any atom is -0.324 e. The molecule has 2 aromatic carbocycles. The van der Waals surface area contributed by atoms with Crippen LogP contribution in [-0.2, 0) is 17.4 Å². The lowest BCUT2D eigenvalue weighted by Gasteiger charge is -2.26. The van der Waals surface area contributed by atoms with Gasteiger partial charge < -0.3 is 10.6 Å². The molecule has 1 spiro atoms. The van der Waals surface area contributed by atoms with E-state index in [4.69, 9.17) is 4.98 Å². The Morgan fingerprint density at radius 1 is 1.14 bits per heavy atom. The van der Waals surface area contributed by atoms with Crippen LogP contribution in [-0.4, -0.2) is 25.9 Å². The molecule has 2 N–H and O–H groups in total. The Labute approximate surface area is 215 Å². The van der Waals surface area contributed by atoms with Crippen molar-refractivity contribution < 1.29 is 4.39 Å². The van der Waals surface area contributed by atoms with Crippen molar-refractivity contribution in [1.82, 2.24) is 24.6 Å². The second kappa shape index (κ2) is 8.25. The summed E-state index contributed by atoms with van der Waals surface area (Å²) in [6.45, 7) is 11.7. The van der Waals surface area contributed by atoms with E-state index >= 15 is 0 Å². The zero-order valence-corrected chi connectivity index (χ0v) is 22.0. The number of fused-ring (bicyclic) bond motifs is 3. The topological polar surface area (TPSA) is 76.8 Å².